The van der Waals surface area contributed by atoms with Crippen molar-refractivity contribution in [3.8, 4) is 0 Å². The molecule has 0 unspecified atom stereocenters. The summed E-state index contributed by atoms with van der Waals surface area (Å²) in [7, 11) is 0. The van der Waals surface area contributed by atoms with E-state index in [-0.39, 0.29) is 5.91 Å². The summed E-state index contributed by atoms with van der Waals surface area (Å²) in [5, 5.41) is 2.96. The summed E-state index contributed by atoms with van der Waals surface area (Å²) in [6.45, 7) is 3.58. The number of nitrogens with zero attached hydrogens (tertiary/aromatic N) is 2. The van der Waals surface area contributed by atoms with E-state index >= 15 is 0 Å². The first-order chi connectivity index (χ1) is 11.8. The Labute approximate surface area is 141 Å². The maximum atomic E-state index is 12.8. The predicted octanol–water partition coefficient (Wildman–Crippen LogP) is 2.78. The maximum Gasteiger partial charge on any atom is 0.247 e. The SMILES string of the molecule is CCOCCNC(=O)[C@@H](c1ccccc1)n1cnc2ccccc21. The number of fused-ring (bicyclic) bond motifs is 1. The van der Waals surface area contributed by atoms with Crippen LogP contribution in [0.1, 0.15) is 18.5 Å². The lowest BCUT2D eigenvalue weighted by atomic mass is 10.1. The van der Waals surface area contributed by atoms with Crippen LogP contribution in [0, 0.1) is 0 Å². The minimum Gasteiger partial charge on any atom is -0.380 e. The number of hydrogen-bond donors (Lipinski definition) is 1. The molecule has 0 radical (unpaired) electrons. The first kappa shape index (κ1) is 16.2. The van der Waals surface area contributed by atoms with Crippen molar-refractivity contribution in [1.29, 1.82) is 0 Å². The van der Waals surface area contributed by atoms with Crippen LogP contribution in [0.5, 0.6) is 0 Å². The molecule has 1 aromatic heterocycles. The number of benzene rings is 2. The summed E-state index contributed by atoms with van der Waals surface area (Å²) in [6, 6.07) is 17.1. The van der Waals surface area contributed by atoms with Crippen molar-refractivity contribution in [3.05, 3.63) is 66.5 Å². The molecular formula is C19H21N3O2. The Kier molecular flexibility index (Phi) is 5.23. The fraction of sp³-hybridized carbons (Fsp3) is 0.263. The zero-order valence-corrected chi connectivity index (χ0v) is 13.7. The highest BCUT2D eigenvalue weighted by atomic mass is 16.5. The molecule has 0 saturated heterocycles. The van der Waals surface area contributed by atoms with E-state index < -0.39 is 6.04 Å². The smallest absolute Gasteiger partial charge is 0.247 e. The van der Waals surface area contributed by atoms with Gasteiger partial charge in [-0.2, -0.15) is 0 Å². The van der Waals surface area contributed by atoms with Gasteiger partial charge in [-0.25, -0.2) is 4.98 Å². The quantitative estimate of drug-likeness (QED) is 0.680. The van der Waals surface area contributed by atoms with E-state index in [1.54, 1.807) is 6.33 Å². The summed E-state index contributed by atoms with van der Waals surface area (Å²) in [5.74, 6) is -0.0657. The largest absolute Gasteiger partial charge is 0.380 e. The van der Waals surface area contributed by atoms with E-state index in [1.165, 1.54) is 0 Å². The number of nitrogens with one attached hydrogen (secondary N) is 1. The zero-order valence-electron chi connectivity index (χ0n) is 13.7. The first-order valence-electron chi connectivity index (χ1n) is 8.13. The van der Waals surface area contributed by atoms with Crippen LogP contribution in [0.15, 0.2) is 60.9 Å². The van der Waals surface area contributed by atoms with Crippen molar-refractivity contribution < 1.29 is 9.53 Å². The van der Waals surface area contributed by atoms with Gasteiger partial charge in [-0.05, 0) is 24.6 Å². The minimum absolute atomic E-state index is 0.0657. The molecule has 3 rings (SSSR count). The van der Waals surface area contributed by atoms with E-state index in [0.29, 0.717) is 19.8 Å². The molecule has 0 spiro atoms. The normalized spacial score (nSPS) is 12.2. The van der Waals surface area contributed by atoms with Crippen molar-refractivity contribution in [1.82, 2.24) is 14.9 Å². The van der Waals surface area contributed by atoms with E-state index in [1.807, 2.05) is 66.1 Å². The van der Waals surface area contributed by atoms with Gasteiger partial charge >= 0.3 is 0 Å². The second-order valence-electron chi connectivity index (χ2n) is 5.44. The van der Waals surface area contributed by atoms with Gasteiger partial charge in [-0.1, -0.05) is 42.5 Å². The molecule has 0 aliphatic heterocycles. The van der Waals surface area contributed by atoms with Crippen LogP contribution in [-0.4, -0.2) is 35.2 Å². The third-order valence-corrected chi connectivity index (χ3v) is 3.87. The van der Waals surface area contributed by atoms with Crippen LogP contribution >= 0.6 is 0 Å². The molecule has 0 bridgehead atoms. The molecule has 0 saturated carbocycles. The van der Waals surface area contributed by atoms with Crippen LogP contribution in [0.4, 0.5) is 0 Å². The summed E-state index contributed by atoms with van der Waals surface area (Å²) in [6.07, 6.45) is 1.73. The minimum atomic E-state index is -0.458. The highest BCUT2D eigenvalue weighted by Gasteiger charge is 2.23. The molecule has 1 N–H and O–H groups in total. The van der Waals surface area contributed by atoms with Gasteiger partial charge in [-0.15, -0.1) is 0 Å². The van der Waals surface area contributed by atoms with E-state index in [0.717, 1.165) is 16.6 Å². The number of carbonyl (C=O) groups excluding carboxylic acids is 1. The number of carbonyl (C=O) groups is 1. The van der Waals surface area contributed by atoms with Gasteiger partial charge in [0, 0.05) is 13.2 Å². The standard InChI is InChI=1S/C19H21N3O2/c1-2-24-13-12-20-19(23)18(15-8-4-3-5-9-15)22-14-21-16-10-6-7-11-17(16)22/h3-11,14,18H,2,12-13H2,1H3,(H,20,23)/t18-/m1/s1. The fourth-order valence-corrected chi connectivity index (χ4v) is 2.75. The third kappa shape index (κ3) is 3.46. The third-order valence-electron chi connectivity index (χ3n) is 3.87. The lowest BCUT2D eigenvalue weighted by Gasteiger charge is -2.19. The number of hydrogen-bond acceptors (Lipinski definition) is 3. The van der Waals surface area contributed by atoms with Gasteiger partial charge in [0.2, 0.25) is 5.91 Å². The Morgan fingerprint density at radius 1 is 1.17 bits per heavy atom. The Bertz CT molecular complexity index is 798. The lowest BCUT2D eigenvalue weighted by Crippen LogP contribution is -2.35. The van der Waals surface area contributed by atoms with E-state index in [2.05, 4.69) is 10.3 Å². The van der Waals surface area contributed by atoms with Crippen LogP contribution in [0.25, 0.3) is 11.0 Å². The number of amides is 1. The molecule has 2 aromatic carbocycles. The number of rotatable bonds is 7. The molecular weight excluding hydrogens is 302 g/mol. The van der Waals surface area contributed by atoms with Crippen molar-refractivity contribution in [2.24, 2.45) is 0 Å². The summed E-state index contributed by atoms with van der Waals surface area (Å²) < 4.78 is 7.21. The number of aromatic nitrogens is 2. The molecule has 0 aliphatic rings. The van der Waals surface area contributed by atoms with Gasteiger partial charge < -0.3 is 14.6 Å². The highest BCUT2D eigenvalue weighted by Crippen LogP contribution is 2.23. The van der Waals surface area contributed by atoms with Crippen molar-refractivity contribution in [2.75, 3.05) is 19.8 Å². The molecule has 0 fully saturated rings. The zero-order chi connectivity index (χ0) is 16.8. The molecule has 1 heterocycles. The highest BCUT2D eigenvalue weighted by molar-refractivity contribution is 5.86. The topological polar surface area (TPSA) is 56.1 Å². The van der Waals surface area contributed by atoms with E-state index in [4.69, 9.17) is 4.74 Å². The van der Waals surface area contributed by atoms with Gasteiger partial charge in [0.05, 0.1) is 24.0 Å². The average molecular weight is 323 g/mol. The molecule has 5 nitrogen and oxygen atoms in total. The predicted molar refractivity (Wildman–Crippen MR) is 93.8 cm³/mol. The Hall–Kier alpha value is -2.66. The van der Waals surface area contributed by atoms with Crippen LogP contribution in [0.2, 0.25) is 0 Å². The fourth-order valence-electron chi connectivity index (χ4n) is 2.75. The number of para-hydroxylation sites is 2. The van der Waals surface area contributed by atoms with E-state index in [9.17, 15) is 4.79 Å². The maximum absolute atomic E-state index is 12.8. The van der Waals surface area contributed by atoms with Crippen molar-refractivity contribution in [3.63, 3.8) is 0 Å². The summed E-state index contributed by atoms with van der Waals surface area (Å²) in [4.78, 5) is 17.2. The van der Waals surface area contributed by atoms with Crippen LogP contribution in [0.3, 0.4) is 0 Å². The van der Waals surface area contributed by atoms with Crippen molar-refractivity contribution >= 4 is 16.9 Å². The Morgan fingerprint density at radius 3 is 2.71 bits per heavy atom. The number of ether oxygens (including phenoxy) is 1. The Morgan fingerprint density at radius 2 is 1.92 bits per heavy atom. The summed E-state index contributed by atoms with van der Waals surface area (Å²) in [5.41, 5.74) is 2.74. The van der Waals surface area contributed by atoms with Gasteiger partial charge in [0.15, 0.2) is 0 Å². The molecule has 3 aromatic rings. The van der Waals surface area contributed by atoms with Crippen LogP contribution in [-0.2, 0) is 9.53 Å². The molecule has 24 heavy (non-hydrogen) atoms. The molecule has 0 aliphatic carbocycles. The van der Waals surface area contributed by atoms with Gasteiger partial charge in [0.1, 0.15) is 6.04 Å². The Balaban J connectivity index is 1.92. The molecule has 1 atom stereocenters. The second kappa shape index (κ2) is 7.75. The van der Waals surface area contributed by atoms with Crippen molar-refractivity contribution in [2.45, 2.75) is 13.0 Å². The first-order valence-corrected chi connectivity index (χ1v) is 8.13. The number of imidazole rings is 1. The van der Waals surface area contributed by atoms with Gasteiger partial charge in [0.25, 0.3) is 0 Å². The summed E-state index contributed by atoms with van der Waals surface area (Å²) >= 11 is 0. The molecule has 5 heteroatoms. The molecule has 124 valence electrons. The lowest BCUT2D eigenvalue weighted by molar-refractivity contribution is -0.123. The second-order valence-corrected chi connectivity index (χ2v) is 5.44. The monoisotopic (exact) mass is 323 g/mol. The van der Waals surface area contributed by atoms with Crippen LogP contribution < -0.4 is 5.32 Å². The average Bonchev–Trinajstić information content (AvgIpc) is 3.04. The van der Waals surface area contributed by atoms with Gasteiger partial charge in [-0.3, -0.25) is 4.79 Å². The molecule has 1 amide bonds.